The summed E-state index contributed by atoms with van der Waals surface area (Å²) in [6, 6.07) is 0. The van der Waals surface area contributed by atoms with Crippen LogP contribution < -0.4 is 0 Å². The molecule has 2 nitrogen and oxygen atoms in total. The lowest BCUT2D eigenvalue weighted by Crippen LogP contribution is -2.00. The van der Waals surface area contributed by atoms with Gasteiger partial charge in [-0.3, -0.25) is 0 Å². The molecule has 0 bridgehead atoms. The number of rotatable bonds is 3. The molecule has 0 heterocycles. The van der Waals surface area contributed by atoms with Gasteiger partial charge in [-0.1, -0.05) is 25.2 Å². The van der Waals surface area contributed by atoms with Gasteiger partial charge in [0.1, 0.15) is 6.10 Å². The topological polar surface area (TPSA) is 29.5 Å². The number of hydrogen-bond donors (Lipinski definition) is 1. The summed E-state index contributed by atoms with van der Waals surface area (Å²) in [5.41, 5.74) is 0. The fourth-order valence-electron chi connectivity index (χ4n) is 0.592. The molecule has 0 aromatic heterocycles. The van der Waals surface area contributed by atoms with Crippen molar-refractivity contribution in [2.24, 2.45) is 0 Å². The molecule has 0 aromatic carbocycles. The highest BCUT2D eigenvalue weighted by molar-refractivity contribution is 5.16. The maximum atomic E-state index is 9.10. The molecule has 0 aliphatic carbocycles. The lowest BCUT2D eigenvalue weighted by molar-refractivity contribution is 0.221. The van der Waals surface area contributed by atoms with E-state index in [1.54, 1.807) is 13.2 Å². The molecule has 0 radical (unpaired) electrons. The fourth-order valence-corrected chi connectivity index (χ4v) is 0.592. The van der Waals surface area contributed by atoms with E-state index in [1.165, 1.54) is 6.26 Å². The first-order valence-electron chi connectivity index (χ1n) is 3.68. The second-order valence-electron chi connectivity index (χ2n) is 2.13. The SMILES string of the molecule is CCCC(O)C#C/C=C/OC. The molecule has 0 spiro atoms. The average molecular weight is 154 g/mol. The van der Waals surface area contributed by atoms with Crippen molar-refractivity contribution in [3.63, 3.8) is 0 Å². The van der Waals surface area contributed by atoms with E-state index in [9.17, 15) is 0 Å². The molecule has 62 valence electrons. The lowest BCUT2D eigenvalue weighted by atomic mass is 10.2. The minimum atomic E-state index is -0.499. The zero-order valence-electron chi connectivity index (χ0n) is 7.00. The van der Waals surface area contributed by atoms with Crippen LogP contribution in [0.4, 0.5) is 0 Å². The molecule has 0 amide bonds. The van der Waals surface area contributed by atoms with Crippen molar-refractivity contribution >= 4 is 0 Å². The molecule has 1 N–H and O–H groups in total. The Hall–Kier alpha value is -0.940. The van der Waals surface area contributed by atoms with Gasteiger partial charge in [-0.2, -0.15) is 0 Å². The smallest absolute Gasteiger partial charge is 0.115 e. The van der Waals surface area contributed by atoms with Gasteiger partial charge in [-0.15, -0.1) is 0 Å². The molecule has 11 heavy (non-hydrogen) atoms. The van der Waals surface area contributed by atoms with Crippen LogP contribution in [-0.2, 0) is 4.74 Å². The molecule has 1 atom stereocenters. The van der Waals surface area contributed by atoms with Crippen LogP contribution in [0.2, 0.25) is 0 Å². The van der Waals surface area contributed by atoms with E-state index in [4.69, 9.17) is 5.11 Å². The molecule has 0 aliphatic heterocycles. The van der Waals surface area contributed by atoms with Gasteiger partial charge in [0, 0.05) is 6.08 Å². The van der Waals surface area contributed by atoms with Gasteiger partial charge in [-0.05, 0) is 6.42 Å². The molecule has 0 aliphatic rings. The first-order valence-corrected chi connectivity index (χ1v) is 3.68. The molecule has 0 saturated carbocycles. The predicted molar refractivity (Wildman–Crippen MR) is 44.8 cm³/mol. The maximum Gasteiger partial charge on any atom is 0.115 e. The summed E-state index contributed by atoms with van der Waals surface area (Å²) in [5.74, 6) is 5.32. The minimum absolute atomic E-state index is 0.499. The molecular formula is C9H14O2. The Morgan fingerprint density at radius 3 is 2.91 bits per heavy atom. The van der Waals surface area contributed by atoms with E-state index >= 15 is 0 Å². The first-order chi connectivity index (χ1) is 5.31. The van der Waals surface area contributed by atoms with Gasteiger partial charge in [0.2, 0.25) is 0 Å². The van der Waals surface area contributed by atoms with Crippen molar-refractivity contribution in [3.05, 3.63) is 12.3 Å². The standard InChI is InChI=1S/C9H14O2/c1-3-6-9(10)7-4-5-8-11-2/h5,8-10H,3,6H2,1-2H3/b8-5+. The second kappa shape index (κ2) is 7.17. The van der Waals surface area contributed by atoms with Crippen LogP contribution in [-0.4, -0.2) is 18.3 Å². The number of hydrogen-bond acceptors (Lipinski definition) is 2. The average Bonchev–Trinajstić information content (AvgIpc) is 1.99. The van der Waals surface area contributed by atoms with Crippen LogP contribution >= 0.6 is 0 Å². The van der Waals surface area contributed by atoms with Crippen molar-refractivity contribution in [1.82, 2.24) is 0 Å². The van der Waals surface area contributed by atoms with E-state index in [1.807, 2.05) is 6.92 Å². The van der Waals surface area contributed by atoms with Crippen molar-refractivity contribution in [2.45, 2.75) is 25.9 Å². The lowest BCUT2D eigenvalue weighted by Gasteiger charge is -1.96. The van der Waals surface area contributed by atoms with Crippen molar-refractivity contribution in [2.75, 3.05) is 7.11 Å². The Balaban J connectivity index is 3.58. The van der Waals surface area contributed by atoms with E-state index in [0.29, 0.717) is 0 Å². The van der Waals surface area contributed by atoms with Gasteiger partial charge in [0.25, 0.3) is 0 Å². The number of ether oxygens (including phenoxy) is 1. The molecule has 2 heteroatoms. The quantitative estimate of drug-likeness (QED) is 0.490. The Bertz CT molecular complexity index is 162. The molecular weight excluding hydrogens is 140 g/mol. The largest absolute Gasteiger partial charge is 0.504 e. The van der Waals surface area contributed by atoms with Crippen LogP contribution in [0.3, 0.4) is 0 Å². The van der Waals surface area contributed by atoms with Gasteiger partial charge in [-0.25, -0.2) is 0 Å². The Kier molecular flexibility index (Phi) is 6.56. The monoisotopic (exact) mass is 154 g/mol. The van der Waals surface area contributed by atoms with E-state index < -0.39 is 6.10 Å². The number of aliphatic hydroxyl groups excluding tert-OH is 1. The number of allylic oxidation sites excluding steroid dienone is 1. The summed E-state index contributed by atoms with van der Waals surface area (Å²) in [7, 11) is 1.56. The summed E-state index contributed by atoms with van der Waals surface area (Å²) >= 11 is 0. The van der Waals surface area contributed by atoms with Crippen LogP contribution in [0.15, 0.2) is 12.3 Å². The zero-order chi connectivity index (χ0) is 8.53. The predicted octanol–water partition coefficient (Wildman–Crippen LogP) is 1.31. The van der Waals surface area contributed by atoms with Gasteiger partial charge < -0.3 is 9.84 Å². The van der Waals surface area contributed by atoms with Gasteiger partial charge >= 0.3 is 0 Å². The van der Waals surface area contributed by atoms with Crippen molar-refractivity contribution in [1.29, 1.82) is 0 Å². The highest BCUT2D eigenvalue weighted by Gasteiger charge is 1.92. The van der Waals surface area contributed by atoms with Crippen LogP contribution in [0, 0.1) is 11.8 Å². The van der Waals surface area contributed by atoms with Crippen LogP contribution in [0.25, 0.3) is 0 Å². The van der Waals surface area contributed by atoms with Gasteiger partial charge in [0.15, 0.2) is 0 Å². The third-order valence-electron chi connectivity index (χ3n) is 1.10. The second-order valence-corrected chi connectivity index (χ2v) is 2.13. The van der Waals surface area contributed by atoms with Crippen LogP contribution in [0.1, 0.15) is 19.8 Å². The molecule has 0 fully saturated rings. The summed E-state index contributed by atoms with van der Waals surface area (Å²) < 4.78 is 4.62. The third kappa shape index (κ3) is 6.95. The summed E-state index contributed by atoms with van der Waals surface area (Å²) in [6.07, 6.45) is 4.23. The highest BCUT2D eigenvalue weighted by atomic mass is 16.5. The highest BCUT2D eigenvalue weighted by Crippen LogP contribution is 1.92. The maximum absolute atomic E-state index is 9.10. The van der Waals surface area contributed by atoms with E-state index in [0.717, 1.165) is 12.8 Å². The summed E-state index contributed by atoms with van der Waals surface area (Å²) in [4.78, 5) is 0. The molecule has 1 unspecified atom stereocenters. The Labute approximate surface area is 67.9 Å². The van der Waals surface area contributed by atoms with Crippen molar-refractivity contribution < 1.29 is 9.84 Å². The molecule has 0 saturated heterocycles. The Morgan fingerprint density at radius 2 is 2.36 bits per heavy atom. The first kappa shape index (κ1) is 10.1. The normalized spacial score (nSPS) is 12.3. The molecule has 0 aromatic rings. The number of aliphatic hydroxyl groups is 1. The molecule has 0 rings (SSSR count). The third-order valence-corrected chi connectivity index (χ3v) is 1.10. The summed E-state index contributed by atoms with van der Waals surface area (Å²) in [6.45, 7) is 2.01. The fraction of sp³-hybridized carbons (Fsp3) is 0.556. The minimum Gasteiger partial charge on any atom is -0.504 e. The van der Waals surface area contributed by atoms with Crippen LogP contribution in [0.5, 0.6) is 0 Å². The van der Waals surface area contributed by atoms with E-state index in [-0.39, 0.29) is 0 Å². The van der Waals surface area contributed by atoms with Crippen molar-refractivity contribution in [3.8, 4) is 11.8 Å². The number of methoxy groups -OCH3 is 1. The Morgan fingerprint density at radius 1 is 1.64 bits per heavy atom. The summed E-state index contributed by atoms with van der Waals surface area (Å²) in [5, 5.41) is 9.10. The van der Waals surface area contributed by atoms with E-state index in [2.05, 4.69) is 16.6 Å². The zero-order valence-corrected chi connectivity index (χ0v) is 7.00. The van der Waals surface area contributed by atoms with Gasteiger partial charge in [0.05, 0.1) is 13.4 Å².